The minimum absolute atomic E-state index is 0.0713. The monoisotopic (exact) mass is 364 g/mol. The van der Waals surface area contributed by atoms with E-state index in [9.17, 15) is 24.4 Å². The van der Waals surface area contributed by atoms with Crippen LogP contribution in [0.4, 0.5) is 0 Å². The van der Waals surface area contributed by atoms with Gasteiger partial charge < -0.3 is 24.0 Å². The van der Waals surface area contributed by atoms with Crippen molar-refractivity contribution in [2.75, 3.05) is 19.8 Å². The molecule has 0 aromatic carbocycles. The van der Waals surface area contributed by atoms with Crippen molar-refractivity contribution in [3.05, 3.63) is 33.1 Å². The van der Waals surface area contributed by atoms with Crippen LogP contribution in [0.1, 0.15) is 20.1 Å². The van der Waals surface area contributed by atoms with Crippen molar-refractivity contribution < 1.29 is 28.6 Å². The van der Waals surface area contributed by atoms with Crippen LogP contribution in [0.2, 0.25) is 0 Å². The van der Waals surface area contributed by atoms with Crippen molar-refractivity contribution in [1.82, 2.24) is 9.55 Å². The number of H-pyrrole nitrogens is 1. The molecular formula is C13H21N2O8P. The summed E-state index contributed by atoms with van der Waals surface area (Å²) in [6.45, 7) is 2.82. The van der Waals surface area contributed by atoms with Crippen LogP contribution in [0.5, 0.6) is 0 Å². The second kappa shape index (κ2) is 7.73. The molecule has 2 rings (SSSR count). The highest BCUT2D eigenvalue weighted by Gasteiger charge is 2.55. The smallest absolute Gasteiger partial charge is 0.339 e. The Morgan fingerprint density at radius 2 is 1.96 bits per heavy atom. The summed E-state index contributed by atoms with van der Waals surface area (Å²) in [5, 5.41) is 20.1. The topological polar surface area (TPSA) is 140 Å². The molecule has 1 saturated heterocycles. The van der Waals surface area contributed by atoms with Gasteiger partial charge in [0.25, 0.3) is 5.56 Å². The SMILES string of the molecule is CCOP(=O)(OCC)[C@H]1[C@@H](O)[C@H](n2ccc(=O)[nH]c2=O)O[C@@H]1CO. The van der Waals surface area contributed by atoms with Crippen LogP contribution in [-0.4, -0.2) is 57.5 Å². The molecule has 1 aliphatic heterocycles. The average Bonchev–Trinajstić information content (AvgIpc) is 2.85. The van der Waals surface area contributed by atoms with Crippen LogP contribution < -0.4 is 11.2 Å². The van der Waals surface area contributed by atoms with Crippen LogP contribution in [0.15, 0.2) is 21.9 Å². The fraction of sp³-hybridized carbons (Fsp3) is 0.692. The van der Waals surface area contributed by atoms with Crippen LogP contribution in [0.25, 0.3) is 0 Å². The van der Waals surface area contributed by atoms with Gasteiger partial charge in [-0.25, -0.2) is 4.79 Å². The van der Waals surface area contributed by atoms with Crippen LogP contribution in [-0.2, 0) is 18.3 Å². The minimum Gasteiger partial charge on any atom is -0.394 e. The molecule has 0 amide bonds. The first-order valence-electron chi connectivity index (χ1n) is 7.52. The Bertz CT molecular complexity index is 706. The predicted molar refractivity (Wildman–Crippen MR) is 83.0 cm³/mol. The zero-order valence-corrected chi connectivity index (χ0v) is 14.2. The Labute approximate surface area is 137 Å². The molecular weight excluding hydrogens is 343 g/mol. The van der Waals surface area contributed by atoms with Gasteiger partial charge in [0.05, 0.1) is 19.8 Å². The average molecular weight is 364 g/mol. The van der Waals surface area contributed by atoms with E-state index in [1.807, 2.05) is 4.98 Å². The third-order valence-corrected chi connectivity index (χ3v) is 6.23. The highest BCUT2D eigenvalue weighted by atomic mass is 31.2. The Balaban J connectivity index is 2.42. The first-order valence-corrected chi connectivity index (χ1v) is 9.13. The molecule has 11 heteroatoms. The van der Waals surface area contributed by atoms with Gasteiger partial charge in [0.1, 0.15) is 17.9 Å². The van der Waals surface area contributed by atoms with Crippen molar-refractivity contribution in [1.29, 1.82) is 0 Å². The number of nitrogens with zero attached hydrogens (tertiary/aromatic N) is 1. The standard InChI is InChI=1S/C13H21N2O8P/c1-3-21-24(20,22-4-2)11-8(7-16)23-12(10(11)18)15-6-5-9(17)14-13(15)19/h5-6,8,10-12,16,18H,3-4,7H2,1-2H3,(H,14,17,19)/t8-,10-,11-,12-/m1/s1. The maximum Gasteiger partial charge on any atom is 0.339 e. The Hall–Kier alpha value is -1.29. The van der Waals surface area contributed by atoms with Crippen molar-refractivity contribution in [3.8, 4) is 0 Å². The lowest BCUT2D eigenvalue weighted by Crippen LogP contribution is -2.38. The Morgan fingerprint density at radius 1 is 1.33 bits per heavy atom. The maximum absolute atomic E-state index is 13.0. The van der Waals surface area contributed by atoms with Crippen molar-refractivity contribution in [2.45, 2.75) is 37.9 Å². The first-order chi connectivity index (χ1) is 11.4. The number of rotatable bonds is 7. The lowest BCUT2D eigenvalue weighted by atomic mass is 10.2. The van der Waals surface area contributed by atoms with Gasteiger partial charge in [-0.3, -0.25) is 18.9 Å². The summed E-state index contributed by atoms with van der Waals surface area (Å²) in [4.78, 5) is 25.1. The van der Waals surface area contributed by atoms with E-state index in [0.29, 0.717) is 0 Å². The number of ether oxygens (including phenoxy) is 1. The van der Waals surface area contributed by atoms with E-state index >= 15 is 0 Å². The summed E-state index contributed by atoms with van der Waals surface area (Å²) in [5.74, 6) is 0. The van der Waals surface area contributed by atoms with Gasteiger partial charge in [-0.05, 0) is 13.8 Å². The molecule has 24 heavy (non-hydrogen) atoms. The fourth-order valence-corrected chi connectivity index (χ4v) is 4.93. The summed E-state index contributed by atoms with van der Waals surface area (Å²) < 4.78 is 29.9. The Kier molecular flexibility index (Phi) is 6.13. The second-order valence-electron chi connectivity index (χ2n) is 5.12. The molecule has 0 bridgehead atoms. The molecule has 1 aromatic heterocycles. The quantitative estimate of drug-likeness (QED) is 0.546. The minimum atomic E-state index is -3.80. The summed E-state index contributed by atoms with van der Waals surface area (Å²) >= 11 is 0. The molecule has 0 radical (unpaired) electrons. The molecule has 0 aliphatic carbocycles. The number of aliphatic hydroxyl groups is 2. The number of aliphatic hydroxyl groups excluding tert-OH is 2. The number of aromatic amines is 1. The first kappa shape index (κ1) is 19.0. The Morgan fingerprint density at radius 3 is 2.46 bits per heavy atom. The van der Waals surface area contributed by atoms with Gasteiger partial charge in [0.15, 0.2) is 6.23 Å². The number of hydrogen-bond donors (Lipinski definition) is 3. The summed E-state index contributed by atoms with van der Waals surface area (Å²) in [6.07, 6.45) is -2.61. The van der Waals surface area contributed by atoms with Crippen LogP contribution in [0, 0.1) is 0 Å². The van der Waals surface area contributed by atoms with Gasteiger partial charge in [0, 0.05) is 12.3 Å². The van der Waals surface area contributed by atoms with E-state index in [1.165, 1.54) is 0 Å². The van der Waals surface area contributed by atoms with E-state index in [0.717, 1.165) is 16.8 Å². The second-order valence-corrected chi connectivity index (χ2v) is 7.31. The number of hydrogen-bond acceptors (Lipinski definition) is 8. The molecule has 0 spiro atoms. The van der Waals surface area contributed by atoms with Gasteiger partial charge in [-0.2, -0.15) is 0 Å². The molecule has 2 heterocycles. The molecule has 1 aromatic rings. The lowest BCUT2D eigenvalue weighted by molar-refractivity contribution is -0.0530. The van der Waals surface area contributed by atoms with Crippen molar-refractivity contribution in [3.63, 3.8) is 0 Å². The largest absolute Gasteiger partial charge is 0.394 e. The van der Waals surface area contributed by atoms with E-state index in [1.54, 1.807) is 13.8 Å². The maximum atomic E-state index is 13.0. The molecule has 1 aliphatic rings. The lowest BCUT2D eigenvalue weighted by Gasteiger charge is -2.27. The third kappa shape index (κ3) is 3.53. The number of aromatic nitrogens is 2. The molecule has 136 valence electrons. The highest BCUT2D eigenvalue weighted by molar-refractivity contribution is 7.54. The molecule has 0 saturated carbocycles. The van der Waals surface area contributed by atoms with E-state index < -0.39 is 49.5 Å². The molecule has 0 unspecified atom stereocenters. The zero-order chi connectivity index (χ0) is 17.9. The predicted octanol–water partition coefficient (Wildman–Crippen LogP) is -0.578. The molecule has 1 fully saturated rings. The third-order valence-electron chi connectivity index (χ3n) is 3.63. The van der Waals surface area contributed by atoms with E-state index in [2.05, 4.69) is 0 Å². The van der Waals surface area contributed by atoms with Gasteiger partial charge >= 0.3 is 13.3 Å². The normalized spacial score (nSPS) is 27.5. The van der Waals surface area contributed by atoms with Gasteiger partial charge in [-0.15, -0.1) is 0 Å². The summed E-state index contributed by atoms with van der Waals surface area (Å²) in [7, 11) is -3.80. The molecule has 10 nitrogen and oxygen atoms in total. The van der Waals surface area contributed by atoms with E-state index in [-0.39, 0.29) is 13.2 Å². The molecule has 3 N–H and O–H groups in total. The van der Waals surface area contributed by atoms with Crippen LogP contribution >= 0.6 is 7.60 Å². The zero-order valence-electron chi connectivity index (χ0n) is 13.3. The van der Waals surface area contributed by atoms with E-state index in [4.69, 9.17) is 13.8 Å². The van der Waals surface area contributed by atoms with Crippen LogP contribution in [0.3, 0.4) is 0 Å². The van der Waals surface area contributed by atoms with Crippen molar-refractivity contribution >= 4 is 7.60 Å². The summed E-state index contributed by atoms with van der Waals surface area (Å²) in [6, 6.07) is 1.09. The van der Waals surface area contributed by atoms with Gasteiger partial charge in [-0.1, -0.05) is 0 Å². The van der Waals surface area contributed by atoms with Gasteiger partial charge in [0.2, 0.25) is 0 Å². The van der Waals surface area contributed by atoms with Crippen molar-refractivity contribution in [2.24, 2.45) is 0 Å². The summed E-state index contributed by atoms with van der Waals surface area (Å²) in [5.41, 5.74) is -2.58. The fourth-order valence-electron chi connectivity index (χ4n) is 2.70. The number of nitrogens with one attached hydrogen (secondary N) is 1. The molecule has 4 atom stereocenters. The highest BCUT2D eigenvalue weighted by Crippen LogP contribution is 2.59.